The van der Waals surface area contributed by atoms with Gasteiger partial charge in [-0.25, -0.2) is 9.37 Å². The molecule has 92 valence electrons. The van der Waals surface area contributed by atoms with E-state index in [-0.39, 0.29) is 10.4 Å². The molecule has 1 aromatic heterocycles. The Hall–Kier alpha value is -1.29. The maximum absolute atomic E-state index is 13.5. The number of nitrogens with two attached hydrogens (primary N) is 1. The monoisotopic (exact) mass is 255 g/mol. The van der Waals surface area contributed by atoms with Gasteiger partial charge in [-0.05, 0) is 11.5 Å². The first-order valence-corrected chi connectivity index (χ1v) is 5.76. The van der Waals surface area contributed by atoms with Gasteiger partial charge < -0.3 is 10.3 Å². The van der Waals surface area contributed by atoms with Crippen molar-refractivity contribution < 1.29 is 4.39 Å². The van der Waals surface area contributed by atoms with Crippen LogP contribution in [0.25, 0.3) is 11.0 Å². The summed E-state index contributed by atoms with van der Waals surface area (Å²) >= 11 is 5.72. The quantitative estimate of drug-likeness (QED) is 0.848. The Kier molecular flexibility index (Phi) is 2.78. The lowest BCUT2D eigenvalue weighted by Crippen LogP contribution is -2.17. The van der Waals surface area contributed by atoms with Crippen molar-refractivity contribution in [2.24, 2.45) is 5.41 Å². The molecular formula is C12H15ClFN3. The van der Waals surface area contributed by atoms with Crippen molar-refractivity contribution in [2.45, 2.75) is 27.3 Å². The molecule has 0 saturated heterocycles. The van der Waals surface area contributed by atoms with Crippen molar-refractivity contribution in [3.8, 4) is 0 Å². The fourth-order valence-corrected chi connectivity index (χ4v) is 1.94. The maximum Gasteiger partial charge on any atom is 0.201 e. The zero-order chi connectivity index (χ0) is 12.8. The Labute approximate surface area is 104 Å². The molecule has 0 aliphatic carbocycles. The number of benzene rings is 1. The number of hydrogen-bond acceptors (Lipinski definition) is 2. The molecule has 0 saturated carbocycles. The van der Waals surface area contributed by atoms with E-state index < -0.39 is 5.82 Å². The molecule has 3 nitrogen and oxygen atoms in total. The zero-order valence-corrected chi connectivity index (χ0v) is 10.8. The van der Waals surface area contributed by atoms with Crippen LogP contribution in [-0.2, 0) is 6.54 Å². The van der Waals surface area contributed by atoms with Gasteiger partial charge in [-0.3, -0.25) is 0 Å². The van der Waals surface area contributed by atoms with Crippen LogP contribution in [0.15, 0.2) is 12.1 Å². The van der Waals surface area contributed by atoms with E-state index in [0.29, 0.717) is 23.5 Å². The largest absolute Gasteiger partial charge is 0.369 e. The van der Waals surface area contributed by atoms with Crippen molar-refractivity contribution in [2.75, 3.05) is 5.73 Å². The molecule has 0 amide bonds. The Bertz CT molecular complexity index is 569. The normalized spacial score (nSPS) is 12.3. The van der Waals surface area contributed by atoms with Gasteiger partial charge in [-0.15, -0.1) is 0 Å². The maximum atomic E-state index is 13.5. The highest BCUT2D eigenvalue weighted by Crippen LogP contribution is 2.27. The van der Waals surface area contributed by atoms with Crippen LogP contribution in [0.2, 0.25) is 5.02 Å². The fourth-order valence-electron chi connectivity index (χ4n) is 1.78. The molecule has 2 N–H and O–H groups in total. The molecule has 0 spiro atoms. The minimum atomic E-state index is -0.450. The van der Waals surface area contributed by atoms with Crippen molar-refractivity contribution in [1.82, 2.24) is 9.55 Å². The number of rotatable bonds is 1. The van der Waals surface area contributed by atoms with E-state index in [9.17, 15) is 4.39 Å². The first-order chi connectivity index (χ1) is 7.78. The standard InChI is InChI=1S/C12H15ClFN3/c1-12(2,3)6-17-10-5-8(14)7(13)4-9(10)16-11(17)15/h4-5H,6H2,1-3H3,(H2,15,16). The van der Waals surface area contributed by atoms with Crippen molar-refractivity contribution in [3.63, 3.8) is 0 Å². The summed E-state index contributed by atoms with van der Waals surface area (Å²) in [4.78, 5) is 4.19. The smallest absolute Gasteiger partial charge is 0.201 e. The van der Waals surface area contributed by atoms with Crippen LogP contribution in [0.1, 0.15) is 20.8 Å². The average Bonchev–Trinajstić information content (AvgIpc) is 2.43. The summed E-state index contributed by atoms with van der Waals surface area (Å²) in [5.74, 6) is -0.0641. The summed E-state index contributed by atoms with van der Waals surface area (Å²) in [5, 5.41) is 0.0675. The van der Waals surface area contributed by atoms with Gasteiger partial charge in [0.1, 0.15) is 5.82 Å². The van der Waals surface area contributed by atoms with Crippen LogP contribution in [0.3, 0.4) is 0 Å². The molecule has 0 radical (unpaired) electrons. The minimum Gasteiger partial charge on any atom is -0.369 e. The van der Waals surface area contributed by atoms with Gasteiger partial charge in [-0.1, -0.05) is 32.4 Å². The first kappa shape index (κ1) is 12.2. The molecule has 2 rings (SSSR count). The number of nitrogens with zero attached hydrogens (tertiary/aromatic N) is 2. The highest BCUT2D eigenvalue weighted by atomic mass is 35.5. The van der Waals surface area contributed by atoms with E-state index >= 15 is 0 Å². The molecule has 0 atom stereocenters. The summed E-state index contributed by atoms with van der Waals surface area (Å²) in [6, 6.07) is 2.88. The molecule has 1 aromatic carbocycles. The number of nitrogen functional groups attached to an aromatic ring is 1. The highest BCUT2D eigenvalue weighted by molar-refractivity contribution is 6.31. The fraction of sp³-hybridized carbons (Fsp3) is 0.417. The van der Waals surface area contributed by atoms with E-state index in [0.717, 1.165) is 0 Å². The van der Waals surface area contributed by atoms with E-state index in [4.69, 9.17) is 17.3 Å². The van der Waals surface area contributed by atoms with Gasteiger partial charge in [0.15, 0.2) is 0 Å². The number of fused-ring (bicyclic) bond motifs is 1. The summed E-state index contributed by atoms with van der Waals surface area (Å²) < 4.78 is 15.3. The SMILES string of the molecule is CC(C)(C)Cn1c(N)nc2cc(Cl)c(F)cc21. The van der Waals surface area contributed by atoms with Crippen molar-refractivity contribution in [1.29, 1.82) is 0 Å². The van der Waals surface area contributed by atoms with Crippen LogP contribution in [0, 0.1) is 11.2 Å². The summed E-state index contributed by atoms with van der Waals surface area (Å²) in [6.45, 7) is 6.94. The lowest BCUT2D eigenvalue weighted by Gasteiger charge is -2.20. The molecule has 0 fully saturated rings. The molecular weight excluding hydrogens is 241 g/mol. The Morgan fingerprint density at radius 3 is 2.65 bits per heavy atom. The average molecular weight is 256 g/mol. The van der Waals surface area contributed by atoms with Gasteiger partial charge >= 0.3 is 0 Å². The first-order valence-electron chi connectivity index (χ1n) is 5.39. The number of imidazole rings is 1. The van der Waals surface area contributed by atoms with Crippen LogP contribution >= 0.6 is 11.6 Å². The highest BCUT2D eigenvalue weighted by Gasteiger charge is 2.17. The molecule has 0 aliphatic heterocycles. The number of aromatic nitrogens is 2. The van der Waals surface area contributed by atoms with Crippen LogP contribution in [0.5, 0.6) is 0 Å². The van der Waals surface area contributed by atoms with Crippen molar-refractivity contribution >= 4 is 28.6 Å². The van der Waals surface area contributed by atoms with Gasteiger partial charge in [0, 0.05) is 12.6 Å². The van der Waals surface area contributed by atoms with Crippen molar-refractivity contribution in [3.05, 3.63) is 23.0 Å². The van der Waals surface area contributed by atoms with E-state index in [1.165, 1.54) is 12.1 Å². The Balaban J connectivity index is 2.63. The third kappa shape index (κ3) is 2.36. The number of halogens is 2. The Morgan fingerprint density at radius 1 is 1.41 bits per heavy atom. The molecule has 0 unspecified atom stereocenters. The summed E-state index contributed by atoms with van der Waals surface area (Å²) in [5.41, 5.74) is 7.19. The molecule has 5 heteroatoms. The van der Waals surface area contributed by atoms with Gasteiger partial charge in [0.2, 0.25) is 5.95 Å². The lowest BCUT2D eigenvalue weighted by atomic mass is 9.97. The van der Waals surface area contributed by atoms with E-state index in [1.807, 2.05) is 4.57 Å². The van der Waals surface area contributed by atoms with Gasteiger partial charge in [0.05, 0.1) is 16.1 Å². The second kappa shape index (κ2) is 3.88. The van der Waals surface area contributed by atoms with Gasteiger partial charge in [0.25, 0.3) is 0 Å². The molecule has 1 heterocycles. The molecule has 2 aromatic rings. The second-order valence-corrected chi connectivity index (χ2v) is 5.78. The van der Waals surface area contributed by atoms with Crippen LogP contribution in [0.4, 0.5) is 10.3 Å². The number of anilines is 1. The molecule has 0 bridgehead atoms. The second-order valence-electron chi connectivity index (χ2n) is 5.37. The lowest BCUT2D eigenvalue weighted by molar-refractivity contribution is 0.351. The topological polar surface area (TPSA) is 43.8 Å². The number of hydrogen-bond donors (Lipinski definition) is 1. The van der Waals surface area contributed by atoms with E-state index in [2.05, 4.69) is 25.8 Å². The molecule has 0 aliphatic rings. The third-order valence-corrected chi connectivity index (χ3v) is 2.74. The summed E-state index contributed by atoms with van der Waals surface area (Å²) in [6.07, 6.45) is 0. The van der Waals surface area contributed by atoms with Crippen LogP contribution in [-0.4, -0.2) is 9.55 Å². The predicted molar refractivity (Wildman–Crippen MR) is 68.6 cm³/mol. The zero-order valence-electron chi connectivity index (χ0n) is 10.1. The minimum absolute atomic E-state index is 0.0395. The van der Waals surface area contributed by atoms with Crippen LogP contribution < -0.4 is 5.73 Å². The summed E-state index contributed by atoms with van der Waals surface area (Å²) in [7, 11) is 0. The van der Waals surface area contributed by atoms with Gasteiger partial charge in [-0.2, -0.15) is 0 Å². The Morgan fingerprint density at radius 2 is 2.06 bits per heavy atom. The molecule has 17 heavy (non-hydrogen) atoms. The predicted octanol–water partition coefficient (Wildman–Crippen LogP) is 3.46. The third-order valence-electron chi connectivity index (χ3n) is 2.45. The van der Waals surface area contributed by atoms with E-state index in [1.54, 1.807) is 0 Å².